The molecule has 2 nitrogen and oxygen atoms in total. The van der Waals surface area contributed by atoms with Gasteiger partial charge in [-0.3, -0.25) is 0 Å². The van der Waals surface area contributed by atoms with Crippen LogP contribution >= 0.6 is 17.1 Å². The van der Waals surface area contributed by atoms with Crippen molar-refractivity contribution in [3.63, 3.8) is 0 Å². The highest BCUT2D eigenvalue weighted by Crippen LogP contribution is 2.54. The summed E-state index contributed by atoms with van der Waals surface area (Å²) in [5.41, 5.74) is 0. The molecule has 0 aromatic rings. The first kappa shape index (κ1) is 7.70. The Kier molecular flexibility index (Phi) is 2.68. The molecule has 1 rings (SSSR count). The highest BCUT2D eigenvalue weighted by molar-refractivity contribution is 8.22. The van der Waals surface area contributed by atoms with Crippen molar-refractivity contribution in [2.75, 3.05) is 13.2 Å². The third-order valence-corrected chi connectivity index (χ3v) is 2.95. The zero-order valence-electron chi connectivity index (χ0n) is 4.62. The van der Waals surface area contributed by atoms with Gasteiger partial charge in [0, 0.05) is 0 Å². The zero-order chi connectivity index (χ0) is 6.74. The van der Waals surface area contributed by atoms with Gasteiger partial charge in [0.15, 0.2) is 0 Å². The summed E-state index contributed by atoms with van der Waals surface area (Å²) >= 11 is 10.4. The van der Waals surface area contributed by atoms with E-state index in [1.807, 2.05) is 12.2 Å². The Bertz CT molecular complexity index is 156. The van der Waals surface area contributed by atoms with E-state index in [4.69, 9.17) is 32.1 Å². The Morgan fingerprint density at radius 1 is 1.33 bits per heavy atom. The normalized spacial score (nSPS) is 25.4. The van der Waals surface area contributed by atoms with Gasteiger partial charge >= 0.3 is 0 Å². The van der Waals surface area contributed by atoms with E-state index in [2.05, 4.69) is 0 Å². The van der Waals surface area contributed by atoms with Gasteiger partial charge in [0.1, 0.15) is 0 Å². The predicted octanol–water partition coefficient (Wildman–Crippen LogP) is 2.05. The summed E-state index contributed by atoms with van der Waals surface area (Å²) in [7, 11) is 0. The smallest absolute Gasteiger partial charge is 0.282 e. The quantitative estimate of drug-likeness (QED) is 0.424. The van der Waals surface area contributed by atoms with Gasteiger partial charge in [0.05, 0.1) is 13.2 Å². The lowest BCUT2D eigenvalue weighted by Gasteiger charge is -2.09. The van der Waals surface area contributed by atoms with Crippen molar-refractivity contribution < 1.29 is 9.05 Å². The summed E-state index contributed by atoms with van der Waals surface area (Å²) in [5.74, 6) is -2.39. The van der Waals surface area contributed by atoms with E-state index in [1.54, 1.807) is 0 Å². The van der Waals surface area contributed by atoms with E-state index >= 15 is 0 Å². The lowest BCUT2D eigenvalue weighted by atomic mass is 10.5. The molecule has 9 heavy (non-hydrogen) atoms. The van der Waals surface area contributed by atoms with Crippen molar-refractivity contribution in [3.05, 3.63) is 12.2 Å². The van der Waals surface area contributed by atoms with E-state index in [9.17, 15) is 0 Å². The third kappa shape index (κ3) is 2.78. The lowest BCUT2D eigenvalue weighted by Crippen LogP contribution is -1.84. The summed E-state index contributed by atoms with van der Waals surface area (Å²) in [4.78, 5) is 0. The largest absolute Gasteiger partial charge is 0.314 e. The van der Waals surface area contributed by atoms with Crippen LogP contribution in [0.25, 0.3) is 0 Å². The molecule has 1 aliphatic heterocycles. The molecule has 0 bridgehead atoms. The molecule has 0 aromatic carbocycles. The van der Waals surface area contributed by atoms with Crippen LogP contribution in [-0.2, 0) is 20.9 Å². The van der Waals surface area contributed by atoms with Crippen LogP contribution in [-0.4, -0.2) is 13.2 Å². The van der Waals surface area contributed by atoms with Crippen LogP contribution in [0.2, 0.25) is 0 Å². The van der Waals surface area contributed by atoms with Gasteiger partial charge in [0.2, 0.25) is 0 Å². The number of halogens is 1. The molecular weight excluding hydrogens is 179 g/mol. The maximum absolute atomic E-state index is 5.62. The summed E-state index contributed by atoms with van der Waals surface area (Å²) in [6, 6.07) is 0. The first-order chi connectivity index (χ1) is 4.21. The molecule has 0 saturated carbocycles. The van der Waals surface area contributed by atoms with Gasteiger partial charge < -0.3 is 9.05 Å². The van der Waals surface area contributed by atoms with Crippen LogP contribution in [0.3, 0.4) is 0 Å². The van der Waals surface area contributed by atoms with Gasteiger partial charge in [-0.15, -0.1) is 0 Å². The average Bonchev–Trinajstić information content (AvgIpc) is 1.92. The van der Waals surface area contributed by atoms with Crippen LogP contribution in [0.1, 0.15) is 0 Å². The highest BCUT2D eigenvalue weighted by atomic mass is 35.7. The molecule has 1 heterocycles. The van der Waals surface area contributed by atoms with E-state index in [0.717, 1.165) is 0 Å². The Balaban J connectivity index is 2.54. The average molecular weight is 185 g/mol. The molecule has 0 N–H and O–H groups in total. The van der Waals surface area contributed by atoms with Gasteiger partial charge in [-0.05, 0) is 23.0 Å². The molecule has 0 saturated heterocycles. The molecule has 0 aliphatic carbocycles. The highest BCUT2D eigenvalue weighted by Gasteiger charge is 2.14. The maximum atomic E-state index is 5.62. The molecule has 1 aliphatic rings. The van der Waals surface area contributed by atoms with Crippen molar-refractivity contribution in [1.82, 2.24) is 0 Å². The summed E-state index contributed by atoms with van der Waals surface area (Å²) < 4.78 is 9.95. The summed E-state index contributed by atoms with van der Waals surface area (Å²) in [6.07, 6.45) is 3.69. The van der Waals surface area contributed by atoms with E-state index in [0.29, 0.717) is 13.2 Å². The molecule has 0 atom stereocenters. The maximum Gasteiger partial charge on any atom is 0.282 e. The fourth-order valence-electron chi connectivity index (χ4n) is 0.437. The molecule has 0 spiro atoms. The number of rotatable bonds is 0. The zero-order valence-corrected chi connectivity index (χ0v) is 7.09. The monoisotopic (exact) mass is 184 g/mol. The molecule has 0 aromatic heterocycles. The minimum atomic E-state index is -2.39. The lowest BCUT2D eigenvalue weighted by molar-refractivity contribution is 0.313. The Labute approximate surface area is 63.8 Å². The summed E-state index contributed by atoms with van der Waals surface area (Å²) in [6.45, 7) is 0.946. The Morgan fingerprint density at radius 2 is 1.78 bits per heavy atom. The standard InChI is InChI=1S/C4H6ClO2PS/c5-8(9)6-3-1-2-4-7-8/h1-2H,3-4H2. The van der Waals surface area contributed by atoms with Crippen molar-refractivity contribution in [2.24, 2.45) is 0 Å². The van der Waals surface area contributed by atoms with Crippen molar-refractivity contribution >= 4 is 28.9 Å². The van der Waals surface area contributed by atoms with E-state index in [1.165, 1.54) is 0 Å². The molecule has 0 amide bonds. The molecule has 0 unspecified atom stereocenters. The topological polar surface area (TPSA) is 18.5 Å². The molecule has 5 heteroatoms. The Morgan fingerprint density at radius 3 is 2.22 bits per heavy atom. The minimum Gasteiger partial charge on any atom is -0.314 e. The Hall–Kier alpha value is 0.600. The number of hydrogen-bond donors (Lipinski definition) is 0. The van der Waals surface area contributed by atoms with Gasteiger partial charge in [-0.1, -0.05) is 12.2 Å². The SMILES string of the molecule is S=P1(Cl)OCC=CCO1. The van der Waals surface area contributed by atoms with Crippen molar-refractivity contribution in [2.45, 2.75) is 0 Å². The molecular formula is C4H6ClO2PS. The number of hydrogen-bond acceptors (Lipinski definition) is 3. The van der Waals surface area contributed by atoms with Gasteiger partial charge in [-0.25, -0.2) is 0 Å². The van der Waals surface area contributed by atoms with E-state index in [-0.39, 0.29) is 0 Å². The van der Waals surface area contributed by atoms with Crippen LogP contribution in [0.4, 0.5) is 0 Å². The van der Waals surface area contributed by atoms with Gasteiger partial charge in [-0.2, -0.15) is 0 Å². The summed E-state index contributed by atoms with van der Waals surface area (Å²) in [5, 5.41) is 0. The second kappa shape index (κ2) is 3.13. The molecule has 0 fully saturated rings. The van der Waals surface area contributed by atoms with Crippen LogP contribution in [0.15, 0.2) is 12.2 Å². The fraction of sp³-hybridized carbons (Fsp3) is 0.500. The van der Waals surface area contributed by atoms with Crippen LogP contribution < -0.4 is 0 Å². The third-order valence-electron chi connectivity index (χ3n) is 0.817. The fourth-order valence-corrected chi connectivity index (χ4v) is 1.74. The molecule has 0 radical (unpaired) electrons. The first-order valence-corrected chi connectivity index (χ1v) is 5.99. The van der Waals surface area contributed by atoms with Crippen LogP contribution in [0, 0.1) is 0 Å². The van der Waals surface area contributed by atoms with Crippen LogP contribution in [0.5, 0.6) is 0 Å². The minimum absolute atomic E-state index is 0.473. The first-order valence-electron chi connectivity index (χ1n) is 2.44. The predicted molar refractivity (Wildman–Crippen MR) is 41.2 cm³/mol. The second-order valence-corrected chi connectivity index (χ2v) is 6.25. The van der Waals surface area contributed by atoms with Crippen molar-refractivity contribution in [1.29, 1.82) is 0 Å². The van der Waals surface area contributed by atoms with E-state index < -0.39 is 5.84 Å². The van der Waals surface area contributed by atoms with Gasteiger partial charge in [0.25, 0.3) is 5.84 Å². The van der Waals surface area contributed by atoms with Crippen molar-refractivity contribution in [3.8, 4) is 0 Å². The molecule has 52 valence electrons. The second-order valence-electron chi connectivity index (χ2n) is 1.49.